The fourth-order valence-electron chi connectivity index (χ4n) is 3.49. The molecule has 3 rings (SSSR count). The average molecular weight is 392 g/mol. The molecule has 0 bridgehead atoms. The lowest BCUT2D eigenvalue weighted by molar-refractivity contribution is -0.140. The van der Waals surface area contributed by atoms with Crippen LogP contribution < -0.4 is 5.32 Å². The van der Waals surface area contributed by atoms with Gasteiger partial charge in [0.05, 0.1) is 11.3 Å². The Morgan fingerprint density at radius 1 is 1.19 bits per heavy atom. The van der Waals surface area contributed by atoms with Crippen molar-refractivity contribution in [1.82, 2.24) is 9.80 Å². The van der Waals surface area contributed by atoms with Gasteiger partial charge in [-0.3, -0.25) is 19.3 Å². The Morgan fingerprint density at radius 2 is 1.85 bits per heavy atom. The Morgan fingerprint density at radius 3 is 2.48 bits per heavy atom. The number of carbonyl (C=O) groups excluding carboxylic acids is 3. The minimum Gasteiger partial charge on any atom is -0.505 e. The van der Waals surface area contributed by atoms with Crippen molar-refractivity contribution in [3.8, 4) is 5.75 Å². The summed E-state index contributed by atoms with van der Waals surface area (Å²) in [5.41, 5.74) is 0.155. The number of anilines is 1. The summed E-state index contributed by atoms with van der Waals surface area (Å²) in [4.78, 5) is 40.0. The molecule has 1 aliphatic heterocycles. The Kier molecular flexibility index (Phi) is 5.41. The van der Waals surface area contributed by atoms with Crippen LogP contribution in [-0.2, 0) is 9.59 Å². The summed E-state index contributed by atoms with van der Waals surface area (Å²) in [6, 6.07) is 4.42. The third kappa shape index (κ3) is 3.51. The van der Waals surface area contributed by atoms with Gasteiger partial charge in [0.25, 0.3) is 17.7 Å². The first-order chi connectivity index (χ1) is 12.8. The van der Waals surface area contributed by atoms with Crippen LogP contribution in [0.5, 0.6) is 5.75 Å². The zero-order valence-electron chi connectivity index (χ0n) is 15.3. The number of hydrogen-bond acceptors (Lipinski definition) is 5. The molecule has 8 heteroatoms. The zero-order chi connectivity index (χ0) is 19.7. The maximum atomic E-state index is 12.8. The number of imide groups is 1. The SMILES string of the molecule is CN(C)C(=O)c1cccc(NC2=C(Cl)C(=O)N(C3CCCCC3)C2=O)c1O. The Labute approximate surface area is 162 Å². The molecule has 1 aliphatic carbocycles. The van der Waals surface area contributed by atoms with Gasteiger partial charge in [-0.25, -0.2) is 0 Å². The number of nitrogens with zero attached hydrogens (tertiary/aromatic N) is 2. The minimum absolute atomic E-state index is 0.0722. The average Bonchev–Trinajstić information content (AvgIpc) is 2.86. The number of benzene rings is 1. The largest absolute Gasteiger partial charge is 0.505 e. The van der Waals surface area contributed by atoms with Gasteiger partial charge in [-0.1, -0.05) is 36.9 Å². The van der Waals surface area contributed by atoms with E-state index in [-0.39, 0.29) is 39.7 Å². The fraction of sp³-hybridized carbons (Fsp3) is 0.421. The first-order valence-corrected chi connectivity index (χ1v) is 9.29. The van der Waals surface area contributed by atoms with Gasteiger partial charge in [-0.2, -0.15) is 0 Å². The van der Waals surface area contributed by atoms with Gasteiger partial charge >= 0.3 is 0 Å². The van der Waals surface area contributed by atoms with Crippen molar-refractivity contribution >= 4 is 35.0 Å². The highest BCUT2D eigenvalue weighted by molar-refractivity contribution is 6.48. The van der Waals surface area contributed by atoms with Crippen LogP contribution in [0.4, 0.5) is 5.69 Å². The van der Waals surface area contributed by atoms with E-state index in [9.17, 15) is 19.5 Å². The van der Waals surface area contributed by atoms with Crippen LogP contribution in [0.1, 0.15) is 42.5 Å². The van der Waals surface area contributed by atoms with E-state index in [2.05, 4.69) is 5.32 Å². The van der Waals surface area contributed by atoms with Crippen LogP contribution in [-0.4, -0.2) is 52.8 Å². The molecule has 1 saturated carbocycles. The van der Waals surface area contributed by atoms with Crippen molar-refractivity contribution in [3.63, 3.8) is 0 Å². The van der Waals surface area contributed by atoms with Crippen molar-refractivity contribution in [2.75, 3.05) is 19.4 Å². The van der Waals surface area contributed by atoms with Crippen LogP contribution in [0.15, 0.2) is 28.9 Å². The highest BCUT2D eigenvalue weighted by atomic mass is 35.5. The summed E-state index contributed by atoms with van der Waals surface area (Å²) < 4.78 is 0. The van der Waals surface area contributed by atoms with Gasteiger partial charge in [0.1, 0.15) is 10.7 Å². The first-order valence-electron chi connectivity index (χ1n) is 8.91. The smallest absolute Gasteiger partial charge is 0.279 e. The van der Waals surface area contributed by atoms with E-state index in [1.54, 1.807) is 20.2 Å². The summed E-state index contributed by atoms with van der Waals surface area (Å²) in [5.74, 6) is -1.70. The number of halogens is 1. The molecule has 1 heterocycles. The van der Waals surface area contributed by atoms with E-state index in [1.807, 2.05) is 0 Å². The number of aromatic hydroxyl groups is 1. The van der Waals surface area contributed by atoms with Crippen molar-refractivity contribution in [3.05, 3.63) is 34.5 Å². The molecule has 0 atom stereocenters. The maximum Gasteiger partial charge on any atom is 0.279 e. The molecule has 2 N–H and O–H groups in total. The predicted octanol–water partition coefficient (Wildman–Crippen LogP) is 2.66. The minimum atomic E-state index is -0.518. The lowest BCUT2D eigenvalue weighted by Crippen LogP contribution is -2.42. The number of phenols is 1. The van der Waals surface area contributed by atoms with Gasteiger partial charge in [-0.05, 0) is 25.0 Å². The number of phenolic OH excluding ortho intramolecular Hbond substituents is 1. The number of para-hydroxylation sites is 1. The molecule has 1 aromatic carbocycles. The standard InChI is InChI=1S/C19H22ClN3O4/c1-22(2)17(25)12-9-6-10-13(16(12)24)21-15-14(20)18(26)23(19(15)27)11-7-4-3-5-8-11/h6,9-11,21,24H,3-5,7-8H2,1-2H3. The molecule has 0 saturated heterocycles. The monoisotopic (exact) mass is 391 g/mol. The molecular formula is C19H22ClN3O4. The Hall–Kier alpha value is -2.54. The molecule has 27 heavy (non-hydrogen) atoms. The van der Waals surface area contributed by atoms with Crippen molar-refractivity contribution in [2.24, 2.45) is 0 Å². The van der Waals surface area contributed by atoms with E-state index in [0.717, 1.165) is 32.1 Å². The molecule has 144 valence electrons. The van der Waals surface area contributed by atoms with Crippen LogP contribution >= 0.6 is 11.6 Å². The van der Waals surface area contributed by atoms with Gasteiger partial charge < -0.3 is 15.3 Å². The first kappa shape index (κ1) is 19.2. The van der Waals surface area contributed by atoms with Crippen molar-refractivity contribution < 1.29 is 19.5 Å². The summed E-state index contributed by atoms with van der Waals surface area (Å²) in [6.45, 7) is 0. The summed E-state index contributed by atoms with van der Waals surface area (Å²) in [7, 11) is 3.14. The number of nitrogens with one attached hydrogen (secondary N) is 1. The van der Waals surface area contributed by atoms with Gasteiger partial charge in [-0.15, -0.1) is 0 Å². The van der Waals surface area contributed by atoms with Gasteiger partial charge in [0, 0.05) is 20.1 Å². The molecule has 2 aliphatic rings. The third-order valence-electron chi connectivity index (χ3n) is 4.93. The number of rotatable bonds is 4. The van der Waals surface area contributed by atoms with E-state index >= 15 is 0 Å². The summed E-state index contributed by atoms with van der Waals surface area (Å²) >= 11 is 6.14. The fourth-order valence-corrected chi connectivity index (χ4v) is 3.71. The molecular weight excluding hydrogens is 370 g/mol. The van der Waals surface area contributed by atoms with E-state index in [4.69, 9.17) is 11.6 Å². The summed E-state index contributed by atoms with van der Waals surface area (Å²) in [5, 5.41) is 13.0. The zero-order valence-corrected chi connectivity index (χ0v) is 16.0. The topological polar surface area (TPSA) is 90.0 Å². The van der Waals surface area contributed by atoms with E-state index in [0.29, 0.717) is 0 Å². The van der Waals surface area contributed by atoms with E-state index in [1.165, 1.54) is 21.9 Å². The van der Waals surface area contributed by atoms with Crippen molar-refractivity contribution in [2.45, 2.75) is 38.1 Å². The lowest BCUT2D eigenvalue weighted by Gasteiger charge is -2.29. The quantitative estimate of drug-likeness (QED) is 0.608. The van der Waals surface area contributed by atoms with Crippen LogP contribution in [0.2, 0.25) is 0 Å². The van der Waals surface area contributed by atoms with Crippen molar-refractivity contribution in [1.29, 1.82) is 0 Å². The molecule has 0 spiro atoms. The molecule has 1 fully saturated rings. The molecule has 0 unspecified atom stereocenters. The van der Waals surface area contributed by atoms with Crippen LogP contribution in [0, 0.1) is 0 Å². The second-order valence-corrected chi connectivity index (χ2v) is 7.37. The summed E-state index contributed by atoms with van der Waals surface area (Å²) in [6.07, 6.45) is 4.58. The highest BCUT2D eigenvalue weighted by Gasteiger charge is 2.42. The Bertz CT molecular complexity index is 828. The number of carbonyl (C=O) groups is 3. The normalized spacial score (nSPS) is 18.3. The maximum absolute atomic E-state index is 12.8. The van der Waals surface area contributed by atoms with Crippen LogP contribution in [0.25, 0.3) is 0 Å². The third-order valence-corrected chi connectivity index (χ3v) is 5.28. The molecule has 7 nitrogen and oxygen atoms in total. The number of amides is 3. The molecule has 0 radical (unpaired) electrons. The molecule has 0 aromatic heterocycles. The van der Waals surface area contributed by atoms with Gasteiger partial charge in [0.15, 0.2) is 5.75 Å². The number of hydrogen-bond donors (Lipinski definition) is 2. The van der Waals surface area contributed by atoms with Crippen LogP contribution in [0.3, 0.4) is 0 Å². The lowest BCUT2D eigenvalue weighted by atomic mass is 9.94. The predicted molar refractivity (Wildman–Crippen MR) is 101 cm³/mol. The van der Waals surface area contributed by atoms with E-state index < -0.39 is 11.8 Å². The highest BCUT2D eigenvalue weighted by Crippen LogP contribution is 2.35. The Balaban J connectivity index is 1.87. The molecule has 1 aromatic rings. The van der Waals surface area contributed by atoms with Gasteiger partial charge in [0.2, 0.25) is 0 Å². The second-order valence-electron chi connectivity index (χ2n) is 6.99. The second kappa shape index (κ2) is 7.60. The molecule has 3 amide bonds.